The largest absolute Gasteiger partial charge is 0.493 e. The van der Waals surface area contributed by atoms with Gasteiger partial charge in [0.15, 0.2) is 5.75 Å². The standard InChI is InChI=1S/C10H12ClNO2S/c1-14-10-8(11)4-2-5-9(10)12-15(13)6-3-7-15/h2,4-5H,3,6-7H2,1H3. The summed E-state index contributed by atoms with van der Waals surface area (Å²) in [6, 6.07) is 5.29. The summed E-state index contributed by atoms with van der Waals surface area (Å²) in [6.45, 7) is 0. The van der Waals surface area contributed by atoms with Crippen molar-refractivity contribution in [3.63, 3.8) is 0 Å². The van der Waals surface area contributed by atoms with Crippen molar-refractivity contribution in [1.29, 1.82) is 0 Å². The van der Waals surface area contributed by atoms with Gasteiger partial charge in [-0.05, 0) is 18.6 Å². The Bertz CT molecular complexity index is 482. The van der Waals surface area contributed by atoms with E-state index in [1.54, 1.807) is 18.2 Å². The van der Waals surface area contributed by atoms with Crippen molar-refractivity contribution in [3.05, 3.63) is 23.2 Å². The number of hydrogen-bond acceptors (Lipinski definition) is 3. The molecule has 0 aliphatic carbocycles. The van der Waals surface area contributed by atoms with Crippen LogP contribution in [0.25, 0.3) is 0 Å². The van der Waals surface area contributed by atoms with Crippen LogP contribution in [0.2, 0.25) is 5.02 Å². The number of nitrogens with zero attached hydrogens (tertiary/aromatic N) is 1. The second-order valence-corrected chi connectivity index (χ2v) is 6.37. The summed E-state index contributed by atoms with van der Waals surface area (Å²) in [5.41, 5.74) is 0.592. The smallest absolute Gasteiger partial charge is 0.163 e. The van der Waals surface area contributed by atoms with Crippen LogP contribution in [0.15, 0.2) is 22.6 Å². The number of para-hydroxylation sites is 1. The van der Waals surface area contributed by atoms with E-state index in [2.05, 4.69) is 4.36 Å². The molecule has 0 aromatic heterocycles. The lowest BCUT2D eigenvalue weighted by molar-refractivity contribution is 0.416. The SMILES string of the molecule is COc1c(Cl)cccc1N=S1(=O)CCC1. The first-order valence-corrected chi connectivity index (χ1v) is 6.93. The molecule has 82 valence electrons. The van der Waals surface area contributed by atoms with Crippen molar-refractivity contribution in [2.24, 2.45) is 4.36 Å². The third-order valence-corrected chi connectivity index (χ3v) is 5.02. The number of benzene rings is 1. The topological polar surface area (TPSA) is 38.7 Å². The van der Waals surface area contributed by atoms with Crippen molar-refractivity contribution < 1.29 is 8.95 Å². The molecule has 15 heavy (non-hydrogen) atoms. The fourth-order valence-corrected chi connectivity index (χ4v) is 3.15. The van der Waals surface area contributed by atoms with Gasteiger partial charge in [-0.1, -0.05) is 17.7 Å². The number of methoxy groups -OCH3 is 1. The summed E-state index contributed by atoms with van der Waals surface area (Å²) >= 11 is 5.94. The highest BCUT2D eigenvalue weighted by molar-refractivity contribution is 7.95. The number of hydrogen-bond donors (Lipinski definition) is 0. The average molecular weight is 246 g/mol. The van der Waals surface area contributed by atoms with Crippen molar-refractivity contribution in [1.82, 2.24) is 0 Å². The van der Waals surface area contributed by atoms with E-state index in [0.717, 1.165) is 6.42 Å². The summed E-state index contributed by atoms with van der Waals surface area (Å²) in [5.74, 6) is 1.87. The maximum absolute atomic E-state index is 11.9. The molecule has 0 N–H and O–H groups in total. The van der Waals surface area contributed by atoms with E-state index in [1.165, 1.54) is 7.11 Å². The first-order valence-electron chi connectivity index (χ1n) is 4.70. The molecule has 1 saturated heterocycles. The van der Waals surface area contributed by atoms with Gasteiger partial charge in [0, 0.05) is 11.5 Å². The summed E-state index contributed by atoms with van der Waals surface area (Å²) in [5, 5.41) is 0.501. The highest BCUT2D eigenvalue weighted by Crippen LogP contribution is 2.36. The molecule has 2 rings (SSSR count). The molecule has 5 heteroatoms. The van der Waals surface area contributed by atoms with Gasteiger partial charge < -0.3 is 4.74 Å². The van der Waals surface area contributed by atoms with Crippen LogP contribution in [-0.2, 0) is 9.73 Å². The first-order chi connectivity index (χ1) is 7.14. The number of ether oxygens (including phenoxy) is 1. The molecule has 0 unspecified atom stereocenters. The summed E-state index contributed by atoms with van der Waals surface area (Å²) in [4.78, 5) is 0. The lowest BCUT2D eigenvalue weighted by atomic mass is 10.3. The van der Waals surface area contributed by atoms with Crippen molar-refractivity contribution in [2.45, 2.75) is 6.42 Å². The molecule has 0 atom stereocenters. The Morgan fingerprint density at radius 2 is 2.20 bits per heavy atom. The molecule has 0 bridgehead atoms. The summed E-state index contributed by atoms with van der Waals surface area (Å²) in [7, 11) is -0.469. The Morgan fingerprint density at radius 3 is 2.73 bits per heavy atom. The minimum atomic E-state index is -2.00. The van der Waals surface area contributed by atoms with Gasteiger partial charge in [-0.25, -0.2) is 4.21 Å². The molecule has 0 saturated carbocycles. The lowest BCUT2D eigenvalue weighted by Gasteiger charge is -2.18. The predicted molar refractivity (Wildman–Crippen MR) is 62.6 cm³/mol. The van der Waals surface area contributed by atoms with Crippen molar-refractivity contribution >= 4 is 27.0 Å². The maximum atomic E-state index is 11.9. The van der Waals surface area contributed by atoms with E-state index in [0.29, 0.717) is 28.0 Å². The monoisotopic (exact) mass is 245 g/mol. The summed E-state index contributed by atoms with van der Waals surface area (Å²) in [6.07, 6.45) is 0.991. The van der Waals surface area contributed by atoms with Gasteiger partial charge in [-0.2, -0.15) is 4.36 Å². The number of rotatable bonds is 2. The fourth-order valence-electron chi connectivity index (χ4n) is 1.43. The van der Waals surface area contributed by atoms with Gasteiger partial charge in [-0.3, -0.25) is 0 Å². The Kier molecular flexibility index (Phi) is 2.89. The molecule has 3 nitrogen and oxygen atoms in total. The Labute approximate surface area is 94.6 Å². The molecule has 1 fully saturated rings. The van der Waals surface area contributed by atoms with Gasteiger partial charge >= 0.3 is 0 Å². The van der Waals surface area contributed by atoms with Gasteiger partial charge in [0.2, 0.25) is 0 Å². The van der Waals surface area contributed by atoms with E-state index in [-0.39, 0.29) is 0 Å². The molecular formula is C10H12ClNO2S. The predicted octanol–water partition coefficient (Wildman–Crippen LogP) is 2.85. The highest BCUT2D eigenvalue weighted by Gasteiger charge is 2.20. The lowest BCUT2D eigenvalue weighted by Crippen LogP contribution is -2.23. The van der Waals surface area contributed by atoms with E-state index >= 15 is 0 Å². The molecule has 0 radical (unpaired) electrons. The second-order valence-electron chi connectivity index (χ2n) is 3.42. The maximum Gasteiger partial charge on any atom is 0.163 e. The minimum absolute atomic E-state index is 0.501. The van der Waals surface area contributed by atoms with E-state index in [4.69, 9.17) is 16.3 Å². The van der Waals surface area contributed by atoms with E-state index in [1.807, 2.05) is 0 Å². The zero-order valence-corrected chi connectivity index (χ0v) is 9.98. The molecule has 0 amide bonds. The minimum Gasteiger partial charge on any atom is -0.493 e. The number of halogens is 1. The molecule has 1 aromatic rings. The van der Waals surface area contributed by atoms with Crippen molar-refractivity contribution in [3.8, 4) is 5.75 Å². The molecule has 1 heterocycles. The molecule has 0 spiro atoms. The zero-order chi connectivity index (χ0) is 10.9. The molecule has 1 aromatic carbocycles. The first kappa shape index (κ1) is 10.8. The van der Waals surface area contributed by atoms with Crippen LogP contribution in [-0.4, -0.2) is 22.8 Å². The Morgan fingerprint density at radius 1 is 1.47 bits per heavy atom. The van der Waals surface area contributed by atoms with Crippen LogP contribution in [0, 0.1) is 0 Å². The van der Waals surface area contributed by atoms with Crippen molar-refractivity contribution in [2.75, 3.05) is 18.6 Å². The van der Waals surface area contributed by atoms with Gasteiger partial charge in [0.1, 0.15) is 5.69 Å². The van der Waals surface area contributed by atoms with Gasteiger partial charge in [0.25, 0.3) is 0 Å². The average Bonchev–Trinajstić information content (AvgIpc) is 2.16. The van der Waals surface area contributed by atoms with Crippen LogP contribution < -0.4 is 4.74 Å². The van der Waals surface area contributed by atoms with Gasteiger partial charge in [0.05, 0.1) is 21.9 Å². The highest BCUT2D eigenvalue weighted by atomic mass is 35.5. The van der Waals surface area contributed by atoms with Crippen LogP contribution in [0.4, 0.5) is 5.69 Å². The zero-order valence-electron chi connectivity index (χ0n) is 8.40. The fraction of sp³-hybridized carbons (Fsp3) is 0.400. The van der Waals surface area contributed by atoms with Gasteiger partial charge in [-0.15, -0.1) is 0 Å². The third kappa shape index (κ3) is 2.11. The van der Waals surface area contributed by atoms with E-state index < -0.39 is 9.73 Å². The molecule has 1 aliphatic heterocycles. The van der Waals surface area contributed by atoms with Crippen LogP contribution in [0.1, 0.15) is 6.42 Å². The van der Waals surface area contributed by atoms with Crippen LogP contribution >= 0.6 is 11.6 Å². The summed E-state index contributed by atoms with van der Waals surface area (Å²) < 4.78 is 21.3. The Balaban J connectivity index is 2.49. The second kappa shape index (κ2) is 4.02. The van der Waals surface area contributed by atoms with Crippen LogP contribution in [0.3, 0.4) is 0 Å². The van der Waals surface area contributed by atoms with E-state index in [9.17, 15) is 4.21 Å². The van der Waals surface area contributed by atoms with Crippen LogP contribution in [0.5, 0.6) is 5.75 Å². The quantitative estimate of drug-likeness (QED) is 0.804. The molecule has 1 aliphatic rings. The normalized spacial score (nSPS) is 18.0. The molecular weight excluding hydrogens is 234 g/mol. The Hall–Kier alpha value is -0.740. The third-order valence-electron chi connectivity index (χ3n) is 2.34.